The van der Waals surface area contributed by atoms with E-state index in [-0.39, 0.29) is 12.8 Å². The first kappa shape index (κ1) is 13.0. The zero-order valence-corrected chi connectivity index (χ0v) is 9.47. The fourth-order valence-electron chi connectivity index (χ4n) is 1.54. The predicted octanol–water partition coefficient (Wildman–Crippen LogP) is 1.34. The smallest absolute Gasteiger partial charge is 0.307 e. The number of methoxy groups -OCH3 is 1. The standard InChI is InChI=1S/C12H14O5/c1-17-10-4-2-8(3-5-11(13)14)6-9(10)7-12(15)16/h2,4,6H,3,5,7H2,1H3,(H,13,14)(H,15,16). The van der Waals surface area contributed by atoms with Crippen molar-refractivity contribution in [2.24, 2.45) is 0 Å². The average molecular weight is 238 g/mol. The van der Waals surface area contributed by atoms with Gasteiger partial charge in [-0.15, -0.1) is 0 Å². The molecule has 1 aromatic rings. The first-order chi connectivity index (χ1) is 8.02. The molecule has 0 aliphatic heterocycles. The van der Waals surface area contributed by atoms with Crippen LogP contribution in [0.3, 0.4) is 0 Å². The second-order valence-electron chi connectivity index (χ2n) is 3.61. The Morgan fingerprint density at radius 3 is 2.47 bits per heavy atom. The highest BCUT2D eigenvalue weighted by atomic mass is 16.5. The van der Waals surface area contributed by atoms with E-state index in [1.165, 1.54) is 7.11 Å². The summed E-state index contributed by atoms with van der Waals surface area (Å²) in [5, 5.41) is 17.3. The predicted molar refractivity (Wildman–Crippen MR) is 60.3 cm³/mol. The van der Waals surface area contributed by atoms with Gasteiger partial charge in [0, 0.05) is 12.0 Å². The molecule has 92 valence electrons. The summed E-state index contributed by atoms with van der Waals surface area (Å²) in [6.45, 7) is 0. The van der Waals surface area contributed by atoms with E-state index in [1.807, 2.05) is 0 Å². The molecule has 0 amide bonds. The monoisotopic (exact) mass is 238 g/mol. The molecule has 0 heterocycles. The van der Waals surface area contributed by atoms with E-state index < -0.39 is 11.9 Å². The van der Waals surface area contributed by atoms with Gasteiger partial charge in [0.1, 0.15) is 5.75 Å². The molecule has 5 heteroatoms. The van der Waals surface area contributed by atoms with Crippen molar-refractivity contribution in [1.82, 2.24) is 0 Å². The highest BCUT2D eigenvalue weighted by Crippen LogP contribution is 2.21. The summed E-state index contributed by atoms with van der Waals surface area (Å²) in [6, 6.07) is 5.08. The van der Waals surface area contributed by atoms with Gasteiger partial charge in [0.15, 0.2) is 0 Å². The van der Waals surface area contributed by atoms with E-state index in [1.54, 1.807) is 18.2 Å². The summed E-state index contributed by atoms with van der Waals surface area (Å²) in [4.78, 5) is 21.1. The van der Waals surface area contributed by atoms with Gasteiger partial charge < -0.3 is 14.9 Å². The quantitative estimate of drug-likeness (QED) is 0.781. The molecule has 0 saturated carbocycles. The minimum Gasteiger partial charge on any atom is -0.496 e. The van der Waals surface area contributed by atoms with Crippen molar-refractivity contribution in [3.63, 3.8) is 0 Å². The van der Waals surface area contributed by atoms with Gasteiger partial charge in [-0.05, 0) is 18.1 Å². The zero-order valence-electron chi connectivity index (χ0n) is 9.47. The van der Waals surface area contributed by atoms with Crippen molar-refractivity contribution >= 4 is 11.9 Å². The molecule has 0 fully saturated rings. The lowest BCUT2D eigenvalue weighted by atomic mass is 10.0. The van der Waals surface area contributed by atoms with Crippen molar-refractivity contribution in [2.45, 2.75) is 19.3 Å². The largest absolute Gasteiger partial charge is 0.496 e. The van der Waals surface area contributed by atoms with E-state index in [4.69, 9.17) is 14.9 Å². The number of ether oxygens (including phenoxy) is 1. The molecule has 1 rings (SSSR count). The lowest BCUT2D eigenvalue weighted by molar-refractivity contribution is -0.137. The van der Waals surface area contributed by atoms with Crippen LogP contribution in [-0.2, 0) is 22.4 Å². The molecule has 0 atom stereocenters. The Kier molecular flexibility index (Phi) is 4.51. The van der Waals surface area contributed by atoms with Crippen LogP contribution in [0.4, 0.5) is 0 Å². The Morgan fingerprint density at radius 2 is 1.94 bits per heavy atom. The number of benzene rings is 1. The second kappa shape index (κ2) is 5.89. The number of rotatable bonds is 6. The van der Waals surface area contributed by atoms with Gasteiger partial charge in [-0.3, -0.25) is 9.59 Å². The van der Waals surface area contributed by atoms with Crippen LogP contribution in [0.15, 0.2) is 18.2 Å². The van der Waals surface area contributed by atoms with Gasteiger partial charge in [-0.2, -0.15) is 0 Å². The van der Waals surface area contributed by atoms with Gasteiger partial charge in [-0.1, -0.05) is 12.1 Å². The third-order valence-electron chi connectivity index (χ3n) is 2.31. The average Bonchev–Trinajstić information content (AvgIpc) is 2.25. The third-order valence-corrected chi connectivity index (χ3v) is 2.31. The summed E-state index contributed by atoms with van der Waals surface area (Å²) in [7, 11) is 1.47. The normalized spacial score (nSPS) is 9.94. The molecule has 0 unspecified atom stereocenters. The number of carboxylic acids is 2. The van der Waals surface area contributed by atoms with E-state index in [2.05, 4.69) is 0 Å². The van der Waals surface area contributed by atoms with Crippen LogP contribution >= 0.6 is 0 Å². The highest BCUT2D eigenvalue weighted by molar-refractivity contribution is 5.71. The molecule has 17 heavy (non-hydrogen) atoms. The fourth-order valence-corrected chi connectivity index (χ4v) is 1.54. The Hall–Kier alpha value is -2.04. The van der Waals surface area contributed by atoms with Crippen LogP contribution in [0, 0.1) is 0 Å². The summed E-state index contributed by atoms with van der Waals surface area (Å²) >= 11 is 0. The van der Waals surface area contributed by atoms with E-state index in [0.29, 0.717) is 17.7 Å². The van der Waals surface area contributed by atoms with Crippen molar-refractivity contribution < 1.29 is 24.5 Å². The Bertz CT molecular complexity index is 425. The van der Waals surface area contributed by atoms with Gasteiger partial charge in [-0.25, -0.2) is 0 Å². The Labute approximate surface area is 98.6 Å². The van der Waals surface area contributed by atoms with Gasteiger partial charge in [0.05, 0.1) is 13.5 Å². The van der Waals surface area contributed by atoms with Crippen LogP contribution in [0.2, 0.25) is 0 Å². The molecule has 0 aliphatic carbocycles. The number of aliphatic carboxylic acids is 2. The van der Waals surface area contributed by atoms with Crippen molar-refractivity contribution in [3.8, 4) is 5.75 Å². The molecule has 0 aliphatic rings. The number of carbonyl (C=O) groups is 2. The number of hydrogen-bond acceptors (Lipinski definition) is 3. The minimum absolute atomic E-state index is 0.0266. The minimum atomic E-state index is -0.946. The summed E-state index contributed by atoms with van der Waals surface area (Å²) in [5.41, 5.74) is 1.35. The third kappa shape index (κ3) is 4.14. The molecule has 1 aromatic carbocycles. The Balaban J connectivity index is 2.87. The van der Waals surface area contributed by atoms with E-state index in [9.17, 15) is 9.59 Å². The molecule has 0 radical (unpaired) electrons. The summed E-state index contributed by atoms with van der Waals surface area (Å²) in [5.74, 6) is -1.31. The summed E-state index contributed by atoms with van der Waals surface area (Å²) in [6.07, 6.45) is 0.273. The molecular formula is C12H14O5. The first-order valence-corrected chi connectivity index (χ1v) is 5.12. The highest BCUT2D eigenvalue weighted by Gasteiger charge is 2.09. The van der Waals surface area contributed by atoms with E-state index >= 15 is 0 Å². The maximum atomic E-state index is 10.7. The molecule has 0 saturated heterocycles. The number of carboxylic acid groups (broad SMARTS) is 2. The fraction of sp³-hybridized carbons (Fsp3) is 0.333. The lowest BCUT2D eigenvalue weighted by Gasteiger charge is -2.08. The van der Waals surface area contributed by atoms with Crippen LogP contribution in [0.1, 0.15) is 17.5 Å². The van der Waals surface area contributed by atoms with Crippen LogP contribution in [0.25, 0.3) is 0 Å². The number of aryl methyl sites for hydroxylation is 1. The SMILES string of the molecule is COc1ccc(CCC(=O)O)cc1CC(=O)O. The zero-order chi connectivity index (χ0) is 12.8. The van der Waals surface area contributed by atoms with Gasteiger partial charge in [0.2, 0.25) is 0 Å². The molecule has 2 N–H and O–H groups in total. The Morgan fingerprint density at radius 1 is 1.24 bits per heavy atom. The van der Waals surface area contributed by atoms with Gasteiger partial charge >= 0.3 is 11.9 Å². The molecular weight excluding hydrogens is 224 g/mol. The van der Waals surface area contributed by atoms with Crippen molar-refractivity contribution in [3.05, 3.63) is 29.3 Å². The van der Waals surface area contributed by atoms with E-state index in [0.717, 1.165) is 5.56 Å². The van der Waals surface area contributed by atoms with Crippen molar-refractivity contribution in [2.75, 3.05) is 7.11 Å². The van der Waals surface area contributed by atoms with Crippen LogP contribution in [-0.4, -0.2) is 29.3 Å². The maximum absolute atomic E-state index is 10.7. The summed E-state index contributed by atoms with van der Waals surface area (Å²) < 4.78 is 5.05. The molecule has 0 spiro atoms. The maximum Gasteiger partial charge on any atom is 0.307 e. The van der Waals surface area contributed by atoms with Crippen LogP contribution < -0.4 is 4.74 Å². The number of hydrogen-bond donors (Lipinski definition) is 2. The molecule has 0 aromatic heterocycles. The molecule has 5 nitrogen and oxygen atoms in total. The van der Waals surface area contributed by atoms with Crippen LogP contribution in [0.5, 0.6) is 5.75 Å². The topological polar surface area (TPSA) is 83.8 Å². The van der Waals surface area contributed by atoms with Crippen molar-refractivity contribution in [1.29, 1.82) is 0 Å². The second-order valence-corrected chi connectivity index (χ2v) is 3.61. The first-order valence-electron chi connectivity index (χ1n) is 5.12. The molecule has 0 bridgehead atoms. The lowest BCUT2D eigenvalue weighted by Crippen LogP contribution is -2.04. The van der Waals surface area contributed by atoms with Gasteiger partial charge in [0.25, 0.3) is 0 Å².